The van der Waals surface area contributed by atoms with Gasteiger partial charge in [0.2, 0.25) is 0 Å². The van der Waals surface area contributed by atoms with E-state index < -0.39 is 0 Å². The summed E-state index contributed by atoms with van der Waals surface area (Å²) >= 11 is 1.75. The Bertz CT molecular complexity index is 300. The number of piperidine rings is 1. The van der Waals surface area contributed by atoms with Crippen LogP contribution in [0, 0.1) is 5.92 Å². The van der Waals surface area contributed by atoms with E-state index in [0.29, 0.717) is 6.04 Å². The normalized spacial score (nSPS) is 25.0. The molecule has 1 aromatic heterocycles. The highest BCUT2D eigenvalue weighted by molar-refractivity contribution is 7.09. The number of rotatable bonds is 6. The molecule has 4 heteroatoms. The minimum atomic E-state index is 0.671. The lowest BCUT2D eigenvalue weighted by Gasteiger charge is -2.29. The smallest absolute Gasteiger partial charge is 0.0937 e. The summed E-state index contributed by atoms with van der Waals surface area (Å²) in [6.45, 7) is 5.64. The second-order valence-electron chi connectivity index (χ2n) is 4.83. The Hall–Kier alpha value is -0.450. The van der Waals surface area contributed by atoms with Crippen LogP contribution >= 0.6 is 11.3 Å². The first kappa shape index (κ1) is 13.0. The van der Waals surface area contributed by atoms with E-state index in [0.717, 1.165) is 25.4 Å². The van der Waals surface area contributed by atoms with Gasteiger partial charge in [-0.3, -0.25) is 0 Å². The van der Waals surface area contributed by atoms with Crippen molar-refractivity contribution < 1.29 is 0 Å². The molecule has 0 aromatic carbocycles. The van der Waals surface area contributed by atoms with Crippen molar-refractivity contribution in [3.63, 3.8) is 0 Å². The van der Waals surface area contributed by atoms with E-state index in [1.54, 1.807) is 11.3 Å². The van der Waals surface area contributed by atoms with E-state index in [4.69, 9.17) is 0 Å². The molecule has 1 aromatic rings. The summed E-state index contributed by atoms with van der Waals surface area (Å²) < 4.78 is 0. The van der Waals surface area contributed by atoms with Gasteiger partial charge in [-0.05, 0) is 25.3 Å². The third-order valence-corrected chi connectivity index (χ3v) is 4.41. The van der Waals surface area contributed by atoms with Crippen LogP contribution in [0.4, 0.5) is 0 Å². The minimum Gasteiger partial charge on any atom is -0.315 e. The Kier molecular flexibility index (Phi) is 5.42. The molecule has 0 aliphatic carbocycles. The van der Waals surface area contributed by atoms with Crippen molar-refractivity contribution in [1.82, 2.24) is 15.6 Å². The van der Waals surface area contributed by atoms with Crippen LogP contribution in [0.5, 0.6) is 0 Å². The van der Waals surface area contributed by atoms with Crippen LogP contribution in [0.2, 0.25) is 0 Å². The Balaban J connectivity index is 1.58. The van der Waals surface area contributed by atoms with Crippen LogP contribution in [0.3, 0.4) is 0 Å². The summed E-state index contributed by atoms with van der Waals surface area (Å²) in [6.07, 6.45) is 6.96. The SMILES string of the molecule is CCC1CCNC(CNCCc2nccs2)C1. The predicted octanol–water partition coefficient (Wildman–Crippen LogP) is 2.05. The van der Waals surface area contributed by atoms with Crippen LogP contribution in [0.25, 0.3) is 0 Å². The fourth-order valence-corrected chi connectivity index (χ4v) is 3.09. The quantitative estimate of drug-likeness (QED) is 0.762. The van der Waals surface area contributed by atoms with E-state index in [1.165, 1.54) is 30.8 Å². The maximum Gasteiger partial charge on any atom is 0.0937 e. The molecule has 17 heavy (non-hydrogen) atoms. The zero-order valence-electron chi connectivity index (χ0n) is 10.6. The third kappa shape index (κ3) is 4.37. The van der Waals surface area contributed by atoms with Gasteiger partial charge in [-0.1, -0.05) is 13.3 Å². The molecular weight excluding hydrogens is 230 g/mol. The Labute approximate surface area is 108 Å². The van der Waals surface area contributed by atoms with E-state index in [1.807, 2.05) is 11.6 Å². The highest BCUT2D eigenvalue weighted by Crippen LogP contribution is 2.18. The number of aromatic nitrogens is 1. The molecule has 2 N–H and O–H groups in total. The largest absolute Gasteiger partial charge is 0.315 e. The van der Waals surface area contributed by atoms with Crippen molar-refractivity contribution in [2.45, 2.75) is 38.6 Å². The summed E-state index contributed by atoms with van der Waals surface area (Å²) in [6, 6.07) is 0.671. The monoisotopic (exact) mass is 253 g/mol. The lowest BCUT2D eigenvalue weighted by Crippen LogP contribution is -2.44. The first-order chi connectivity index (χ1) is 8.38. The Morgan fingerprint density at radius 3 is 3.29 bits per heavy atom. The van der Waals surface area contributed by atoms with Gasteiger partial charge >= 0.3 is 0 Å². The average Bonchev–Trinajstić information content (AvgIpc) is 2.88. The van der Waals surface area contributed by atoms with Gasteiger partial charge in [-0.15, -0.1) is 11.3 Å². The van der Waals surface area contributed by atoms with Crippen LogP contribution < -0.4 is 10.6 Å². The van der Waals surface area contributed by atoms with Crippen molar-refractivity contribution >= 4 is 11.3 Å². The molecule has 0 radical (unpaired) electrons. The first-order valence-electron chi connectivity index (χ1n) is 6.71. The molecular formula is C13H23N3S. The molecule has 0 spiro atoms. The van der Waals surface area contributed by atoms with Crippen molar-refractivity contribution in [1.29, 1.82) is 0 Å². The molecule has 2 unspecified atom stereocenters. The summed E-state index contributed by atoms with van der Waals surface area (Å²) in [7, 11) is 0. The summed E-state index contributed by atoms with van der Waals surface area (Å²) in [5, 5.41) is 10.4. The van der Waals surface area contributed by atoms with Crippen LogP contribution in [-0.4, -0.2) is 30.7 Å². The van der Waals surface area contributed by atoms with Gasteiger partial charge in [0, 0.05) is 37.1 Å². The minimum absolute atomic E-state index is 0.671. The van der Waals surface area contributed by atoms with Crippen LogP contribution in [0.15, 0.2) is 11.6 Å². The fraction of sp³-hybridized carbons (Fsp3) is 0.769. The van der Waals surface area contributed by atoms with Gasteiger partial charge in [-0.2, -0.15) is 0 Å². The standard InChI is InChI=1S/C13H23N3S/c1-2-11-3-6-15-12(9-11)10-14-5-4-13-16-7-8-17-13/h7-8,11-12,14-15H,2-6,9-10H2,1H3. The Morgan fingerprint density at radius 2 is 2.53 bits per heavy atom. The number of thiazole rings is 1. The number of hydrogen-bond acceptors (Lipinski definition) is 4. The topological polar surface area (TPSA) is 37.0 Å². The fourth-order valence-electron chi connectivity index (χ4n) is 2.47. The lowest BCUT2D eigenvalue weighted by atomic mass is 9.90. The second-order valence-corrected chi connectivity index (χ2v) is 5.81. The van der Waals surface area contributed by atoms with E-state index in [2.05, 4.69) is 22.5 Å². The molecule has 1 aliphatic heterocycles. The van der Waals surface area contributed by atoms with Gasteiger partial charge < -0.3 is 10.6 Å². The summed E-state index contributed by atoms with van der Waals surface area (Å²) in [5.41, 5.74) is 0. The van der Waals surface area contributed by atoms with Crippen molar-refractivity contribution in [2.75, 3.05) is 19.6 Å². The van der Waals surface area contributed by atoms with Crippen molar-refractivity contribution in [2.24, 2.45) is 5.92 Å². The lowest BCUT2D eigenvalue weighted by molar-refractivity contribution is 0.288. The van der Waals surface area contributed by atoms with Crippen LogP contribution in [-0.2, 0) is 6.42 Å². The van der Waals surface area contributed by atoms with E-state index in [-0.39, 0.29) is 0 Å². The molecule has 0 bridgehead atoms. The van der Waals surface area contributed by atoms with Gasteiger partial charge in [0.25, 0.3) is 0 Å². The second kappa shape index (κ2) is 7.09. The van der Waals surface area contributed by atoms with E-state index >= 15 is 0 Å². The molecule has 1 fully saturated rings. The predicted molar refractivity (Wildman–Crippen MR) is 73.5 cm³/mol. The number of hydrogen-bond donors (Lipinski definition) is 2. The summed E-state index contributed by atoms with van der Waals surface area (Å²) in [5.74, 6) is 0.932. The molecule has 1 saturated heterocycles. The average molecular weight is 253 g/mol. The maximum absolute atomic E-state index is 4.29. The molecule has 3 nitrogen and oxygen atoms in total. The highest BCUT2D eigenvalue weighted by Gasteiger charge is 2.19. The highest BCUT2D eigenvalue weighted by atomic mass is 32.1. The zero-order valence-corrected chi connectivity index (χ0v) is 11.4. The molecule has 1 aliphatic rings. The van der Waals surface area contributed by atoms with Gasteiger partial charge in [-0.25, -0.2) is 4.98 Å². The summed E-state index contributed by atoms with van der Waals surface area (Å²) in [4.78, 5) is 4.29. The molecule has 2 atom stereocenters. The van der Waals surface area contributed by atoms with Crippen molar-refractivity contribution in [3.8, 4) is 0 Å². The zero-order chi connectivity index (χ0) is 11.9. The molecule has 96 valence electrons. The number of nitrogens with one attached hydrogen (secondary N) is 2. The van der Waals surface area contributed by atoms with Gasteiger partial charge in [0.15, 0.2) is 0 Å². The molecule has 0 saturated carbocycles. The molecule has 0 amide bonds. The van der Waals surface area contributed by atoms with Gasteiger partial charge in [0.05, 0.1) is 5.01 Å². The van der Waals surface area contributed by atoms with Crippen LogP contribution in [0.1, 0.15) is 31.2 Å². The first-order valence-corrected chi connectivity index (χ1v) is 7.59. The Morgan fingerprint density at radius 1 is 1.59 bits per heavy atom. The maximum atomic E-state index is 4.29. The number of nitrogens with zero attached hydrogens (tertiary/aromatic N) is 1. The van der Waals surface area contributed by atoms with E-state index in [9.17, 15) is 0 Å². The van der Waals surface area contributed by atoms with Crippen molar-refractivity contribution in [3.05, 3.63) is 16.6 Å². The molecule has 2 rings (SSSR count). The van der Waals surface area contributed by atoms with Gasteiger partial charge in [0.1, 0.15) is 0 Å². The molecule has 2 heterocycles. The third-order valence-electron chi connectivity index (χ3n) is 3.57.